The summed E-state index contributed by atoms with van der Waals surface area (Å²) in [7, 11) is -3.64. The normalized spacial score (nSPS) is 16.9. The molecule has 2 heterocycles. The number of alkyl halides is 3. The van der Waals surface area contributed by atoms with Crippen LogP contribution in [0.15, 0.2) is 29.4 Å². The Morgan fingerprint density at radius 3 is 2.58 bits per heavy atom. The van der Waals surface area contributed by atoms with Gasteiger partial charge in [-0.1, -0.05) is 12.1 Å². The molecule has 1 aliphatic heterocycles. The molecule has 1 fully saturated rings. The zero-order chi connectivity index (χ0) is 21.9. The fourth-order valence-corrected chi connectivity index (χ4v) is 4.58. The maximum atomic E-state index is 12.7. The van der Waals surface area contributed by atoms with Crippen LogP contribution in [0.25, 0.3) is 10.9 Å². The van der Waals surface area contributed by atoms with Crippen molar-refractivity contribution in [2.75, 3.05) is 26.7 Å². The molecule has 1 saturated heterocycles. The minimum Gasteiger partial charge on any atom is -0.361 e. The monoisotopic (exact) mass is 573 g/mol. The zero-order valence-corrected chi connectivity index (χ0v) is 20.4. The van der Waals surface area contributed by atoms with Gasteiger partial charge in [0.25, 0.3) is 0 Å². The number of rotatable bonds is 5. The highest BCUT2D eigenvalue weighted by Gasteiger charge is 2.50. The molecule has 0 atom stereocenters. The van der Waals surface area contributed by atoms with Crippen molar-refractivity contribution in [3.05, 3.63) is 35.5 Å². The lowest BCUT2D eigenvalue weighted by molar-refractivity contribution is -0.0494. The highest BCUT2D eigenvalue weighted by Crippen LogP contribution is 2.29. The maximum Gasteiger partial charge on any atom is 0.511 e. The van der Waals surface area contributed by atoms with Crippen LogP contribution >= 0.6 is 24.0 Å². The summed E-state index contributed by atoms with van der Waals surface area (Å²) < 4.78 is 61.5. The van der Waals surface area contributed by atoms with Crippen LogP contribution in [0.2, 0.25) is 0 Å². The number of aryl methyl sites for hydroxylation is 1. The van der Waals surface area contributed by atoms with Crippen LogP contribution in [-0.4, -0.2) is 61.9 Å². The smallest absolute Gasteiger partial charge is 0.361 e. The molecule has 0 unspecified atom stereocenters. The molecular formula is C19H27F3IN5O2S. The molecule has 1 aromatic heterocycles. The number of piperidine rings is 1. The average Bonchev–Trinajstić information content (AvgIpc) is 3.08. The first kappa shape index (κ1) is 25.7. The second-order valence-electron chi connectivity index (χ2n) is 7.38. The van der Waals surface area contributed by atoms with Gasteiger partial charge in [-0.25, -0.2) is 8.42 Å². The van der Waals surface area contributed by atoms with Gasteiger partial charge in [-0.2, -0.15) is 17.5 Å². The number of aliphatic imine (C=N–C) groups is 1. The van der Waals surface area contributed by atoms with Crippen LogP contribution in [0.3, 0.4) is 0 Å². The lowest BCUT2D eigenvalue weighted by Crippen LogP contribution is -2.51. The van der Waals surface area contributed by atoms with E-state index in [1.165, 1.54) is 16.5 Å². The molecule has 31 heavy (non-hydrogen) atoms. The Morgan fingerprint density at radius 2 is 1.97 bits per heavy atom. The fraction of sp³-hybridized carbons (Fsp3) is 0.526. The Labute approximate surface area is 196 Å². The minimum absolute atomic E-state index is 0. The van der Waals surface area contributed by atoms with Crippen LogP contribution in [0.1, 0.15) is 24.0 Å². The van der Waals surface area contributed by atoms with Crippen LogP contribution in [-0.2, 0) is 16.4 Å². The molecule has 7 nitrogen and oxygen atoms in total. The third-order valence-corrected chi connectivity index (χ3v) is 6.89. The molecule has 3 N–H and O–H groups in total. The summed E-state index contributed by atoms with van der Waals surface area (Å²) in [5, 5.41) is 7.55. The Hall–Kier alpha value is -1.54. The lowest BCUT2D eigenvalue weighted by atomic mass is 10.1. The third kappa shape index (κ3) is 6.04. The molecular weight excluding hydrogens is 546 g/mol. The number of benzene rings is 1. The molecule has 1 aliphatic rings. The van der Waals surface area contributed by atoms with E-state index < -0.39 is 15.5 Å². The van der Waals surface area contributed by atoms with E-state index in [1.807, 2.05) is 13.1 Å². The highest BCUT2D eigenvalue weighted by atomic mass is 127. The van der Waals surface area contributed by atoms with Crippen molar-refractivity contribution in [1.82, 2.24) is 19.9 Å². The van der Waals surface area contributed by atoms with Gasteiger partial charge in [-0.15, -0.1) is 24.0 Å². The first-order chi connectivity index (χ1) is 14.1. The van der Waals surface area contributed by atoms with Crippen molar-refractivity contribution in [2.45, 2.75) is 37.7 Å². The number of hydrogen-bond acceptors (Lipinski definition) is 3. The molecule has 2 aromatic rings. The van der Waals surface area contributed by atoms with Crippen molar-refractivity contribution >= 4 is 50.9 Å². The van der Waals surface area contributed by atoms with E-state index in [1.54, 1.807) is 7.05 Å². The molecule has 0 spiro atoms. The Bertz CT molecular complexity index is 1020. The summed E-state index contributed by atoms with van der Waals surface area (Å²) in [6, 6.07) is 6.11. The number of fused-ring (bicyclic) bond motifs is 1. The quantitative estimate of drug-likeness (QED) is 0.292. The Balaban J connectivity index is 0.00000341. The molecule has 0 bridgehead atoms. The number of aromatic nitrogens is 1. The minimum atomic E-state index is -5.26. The highest BCUT2D eigenvalue weighted by molar-refractivity contribution is 14.0. The van der Waals surface area contributed by atoms with Crippen LogP contribution in [0, 0.1) is 6.92 Å². The van der Waals surface area contributed by atoms with E-state index in [0.717, 1.165) is 11.9 Å². The zero-order valence-electron chi connectivity index (χ0n) is 17.3. The third-order valence-electron chi connectivity index (χ3n) is 5.26. The number of nitrogens with zero attached hydrogens (tertiary/aromatic N) is 2. The molecule has 3 rings (SSSR count). The molecule has 1 aromatic carbocycles. The molecule has 174 valence electrons. The number of guanidine groups is 1. The maximum absolute atomic E-state index is 12.7. The van der Waals surface area contributed by atoms with Crippen molar-refractivity contribution < 1.29 is 21.6 Å². The van der Waals surface area contributed by atoms with E-state index in [4.69, 9.17) is 0 Å². The predicted octanol–water partition coefficient (Wildman–Crippen LogP) is 3.12. The summed E-state index contributed by atoms with van der Waals surface area (Å²) in [4.78, 5) is 7.42. The Morgan fingerprint density at radius 1 is 1.29 bits per heavy atom. The largest absolute Gasteiger partial charge is 0.511 e. The number of halogens is 4. The first-order valence-electron chi connectivity index (χ1n) is 9.72. The van der Waals surface area contributed by atoms with E-state index in [0.29, 0.717) is 16.8 Å². The van der Waals surface area contributed by atoms with E-state index in [9.17, 15) is 21.6 Å². The molecule has 0 aliphatic carbocycles. The van der Waals surface area contributed by atoms with Gasteiger partial charge < -0.3 is 15.6 Å². The second-order valence-corrected chi connectivity index (χ2v) is 9.31. The van der Waals surface area contributed by atoms with E-state index in [-0.39, 0.29) is 55.9 Å². The topological polar surface area (TPSA) is 89.6 Å². The van der Waals surface area contributed by atoms with Gasteiger partial charge in [0.1, 0.15) is 0 Å². The van der Waals surface area contributed by atoms with E-state index in [2.05, 4.69) is 38.8 Å². The van der Waals surface area contributed by atoms with Crippen LogP contribution < -0.4 is 10.6 Å². The fourth-order valence-electron chi connectivity index (χ4n) is 3.60. The first-order valence-corrected chi connectivity index (χ1v) is 11.2. The SMILES string of the molecule is CN=C(NCCc1c[nH]c2cc(C)ccc12)NC1CCN(S(=O)(=O)C(F)(F)F)CC1.I. The molecule has 0 radical (unpaired) electrons. The molecule has 0 saturated carbocycles. The number of nitrogens with one attached hydrogen (secondary N) is 3. The summed E-state index contributed by atoms with van der Waals surface area (Å²) >= 11 is 0. The predicted molar refractivity (Wildman–Crippen MR) is 126 cm³/mol. The Kier molecular flexibility index (Phi) is 8.62. The number of H-pyrrole nitrogens is 1. The number of hydrogen-bond donors (Lipinski definition) is 3. The number of sulfonamides is 1. The standard InChI is InChI=1S/C19H26F3N5O2S.HI/c1-13-3-4-16-14(12-25-17(16)11-13)5-8-24-18(23-2)26-15-6-9-27(10-7-15)30(28,29)19(20,21)22;/h3-4,11-12,15,25H,5-10H2,1-2H3,(H2,23,24,26);1H. The van der Waals surface area contributed by atoms with Gasteiger partial charge in [-0.3, -0.25) is 4.99 Å². The van der Waals surface area contributed by atoms with Gasteiger partial charge in [0.2, 0.25) is 0 Å². The summed E-state index contributed by atoms with van der Waals surface area (Å²) in [5.74, 6) is 0.544. The van der Waals surface area contributed by atoms with Crippen molar-refractivity contribution in [3.8, 4) is 0 Å². The number of aromatic amines is 1. The summed E-state index contributed by atoms with van der Waals surface area (Å²) in [6.45, 7) is 2.32. The molecule has 0 amide bonds. The summed E-state index contributed by atoms with van der Waals surface area (Å²) in [6.07, 6.45) is 3.31. The van der Waals surface area contributed by atoms with Crippen molar-refractivity contribution in [3.63, 3.8) is 0 Å². The van der Waals surface area contributed by atoms with Gasteiger partial charge in [0.15, 0.2) is 5.96 Å². The summed E-state index contributed by atoms with van der Waals surface area (Å²) in [5.41, 5.74) is -1.80. The van der Waals surface area contributed by atoms with Crippen LogP contribution in [0.4, 0.5) is 13.2 Å². The van der Waals surface area contributed by atoms with Gasteiger partial charge in [0.05, 0.1) is 0 Å². The van der Waals surface area contributed by atoms with Gasteiger partial charge in [0, 0.05) is 49.8 Å². The van der Waals surface area contributed by atoms with E-state index >= 15 is 0 Å². The van der Waals surface area contributed by atoms with Gasteiger partial charge >= 0.3 is 15.5 Å². The second kappa shape index (κ2) is 10.4. The molecule has 12 heteroatoms. The van der Waals surface area contributed by atoms with Gasteiger partial charge in [-0.05, 0) is 43.4 Å². The lowest BCUT2D eigenvalue weighted by Gasteiger charge is -2.32. The average molecular weight is 573 g/mol. The van der Waals surface area contributed by atoms with Crippen molar-refractivity contribution in [1.29, 1.82) is 0 Å². The van der Waals surface area contributed by atoms with Crippen LogP contribution in [0.5, 0.6) is 0 Å². The van der Waals surface area contributed by atoms with Crippen molar-refractivity contribution in [2.24, 2.45) is 4.99 Å².